The number of hydrogen-bond acceptors (Lipinski definition) is 5. The predicted octanol–water partition coefficient (Wildman–Crippen LogP) is 0.819. The van der Waals surface area contributed by atoms with Gasteiger partial charge in [0.2, 0.25) is 5.91 Å². The highest BCUT2D eigenvalue weighted by Gasteiger charge is 2.25. The fourth-order valence-electron chi connectivity index (χ4n) is 2.79. The first kappa shape index (κ1) is 12.8. The third kappa shape index (κ3) is 2.31. The fraction of sp³-hybridized carbons (Fsp3) is 0.538. The van der Waals surface area contributed by atoms with E-state index in [0.717, 1.165) is 42.5 Å². The van der Waals surface area contributed by atoms with E-state index >= 15 is 0 Å². The zero-order valence-electron chi connectivity index (χ0n) is 11.4. The van der Waals surface area contributed by atoms with E-state index in [4.69, 9.17) is 5.73 Å². The van der Waals surface area contributed by atoms with Crippen LogP contribution in [0.4, 0.5) is 5.82 Å². The molecular weight excluding hydrogens is 256 g/mol. The number of aromatic nitrogens is 4. The first-order chi connectivity index (χ1) is 9.65. The molecule has 7 nitrogen and oxygen atoms in total. The first-order valence-corrected chi connectivity index (χ1v) is 6.83. The number of anilines is 1. The number of hydrogen-bond donors (Lipinski definition) is 2. The fourth-order valence-corrected chi connectivity index (χ4v) is 2.79. The van der Waals surface area contributed by atoms with Crippen LogP contribution in [-0.4, -0.2) is 31.7 Å². The van der Waals surface area contributed by atoms with Crippen molar-refractivity contribution in [1.29, 1.82) is 0 Å². The van der Waals surface area contributed by atoms with Crippen LogP contribution in [0.5, 0.6) is 0 Å². The minimum absolute atomic E-state index is 0.0249. The number of nitrogens with two attached hydrogens (primary N) is 1. The van der Waals surface area contributed by atoms with Gasteiger partial charge in [-0.2, -0.15) is 5.10 Å². The molecule has 0 atom stereocenters. The monoisotopic (exact) mass is 274 g/mol. The molecule has 3 N–H and O–H groups in total. The van der Waals surface area contributed by atoms with Crippen molar-refractivity contribution in [1.82, 2.24) is 19.7 Å². The Hall–Kier alpha value is -2.18. The van der Waals surface area contributed by atoms with Gasteiger partial charge in [0.15, 0.2) is 5.65 Å². The number of primary amides is 1. The molecule has 1 fully saturated rings. The van der Waals surface area contributed by atoms with Crippen molar-refractivity contribution in [2.75, 3.05) is 5.32 Å². The molecule has 1 amide bonds. The lowest BCUT2D eigenvalue weighted by atomic mass is 9.85. The second-order valence-corrected chi connectivity index (χ2v) is 5.32. The van der Waals surface area contributed by atoms with Crippen LogP contribution in [0.3, 0.4) is 0 Å². The molecule has 7 heteroatoms. The highest BCUT2D eigenvalue weighted by atomic mass is 16.1. The van der Waals surface area contributed by atoms with E-state index in [9.17, 15) is 4.79 Å². The van der Waals surface area contributed by atoms with Crippen LogP contribution in [-0.2, 0) is 11.8 Å². The largest absolute Gasteiger partial charge is 0.369 e. The van der Waals surface area contributed by atoms with Gasteiger partial charge in [-0.3, -0.25) is 9.48 Å². The smallest absolute Gasteiger partial charge is 0.220 e. The summed E-state index contributed by atoms with van der Waals surface area (Å²) >= 11 is 0. The highest BCUT2D eigenvalue weighted by Crippen LogP contribution is 2.27. The average molecular weight is 274 g/mol. The third-order valence-corrected chi connectivity index (χ3v) is 4.00. The van der Waals surface area contributed by atoms with Gasteiger partial charge in [0, 0.05) is 19.0 Å². The summed E-state index contributed by atoms with van der Waals surface area (Å²) in [6, 6.07) is 0.323. The molecule has 1 aliphatic carbocycles. The van der Waals surface area contributed by atoms with Gasteiger partial charge >= 0.3 is 0 Å². The molecule has 0 aromatic carbocycles. The van der Waals surface area contributed by atoms with Gasteiger partial charge in [-0.1, -0.05) is 0 Å². The van der Waals surface area contributed by atoms with Crippen molar-refractivity contribution < 1.29 is 4.79 Å². The van der Waals surface area contributed by atoms with Crippen LogP contribution >= 0.6 is 0 Å². The molecule has 0 radical (unpaired) electrons. The Morgan fingerprint density at radius 2 is 2.10 bits per heavy atom. The lowest BCUT2D eigenvalue weighted by molar-refractivity contribution is -0.122. The Balaban J connectivity index is 1.73. The molecule has 0 spiro atoms. The topological polar surface area (TPSA) is 98.7 Å². The zero-order chi connectivity index (χ0) is 14.1. The molecule has 1 saturated carbocycles. The van der Waals surface area contributed by atoms with Gasteiger partial charge in [-0.25, -0.2) is 9.97 Å². The summed E-state index contributed by atoms with van der Waals surface area (Å²) in [6.45, 7) is 0. The van der Waals surface area contributed by atoms with E-state index in [0.29, 0.717) is 6.04 Å². The Morgan fingerprint density at radius 3 is 2.80 bits per heavy atom. The number of nitrogens with one attached hydrogen (secondary N) is 1. The molecule has 0 bridgehead atoms. The molecule has 2 aromatic heterocycles. The summed E-state index contributed by atoms with van der Waals surface area (Å²) in [5.41, 5.74) is 6.16. The Kier molecular flexibility index (Phi) is 3.25. The summed E-state index contributed by atoms with van der Waals surface area (Å²) < 4.78 is 1.73. The van der Waals surface area contributed by atoms with E-state index in [1.54, 1.807) is 17.2 Å². The minimum Gasteiger partial charge on any atom is -0.369 e. The van der Waals surface area contributed by atoms with Gasteiger partial charge in [0.05, 0.1) is 11.6 Å². The van der Waals surface area contributed by atoms with Crippen molar-refractivity contribution >= 4 is 22.8 Å². The summed E-state index contributed by atoms with van der Waals surface area (Å²) in [6.07, 6.45) is 6.86. The van der Waals surface area contributed by atoms with E-state index in [-0.39, 0.29) is 11.8 Å². The van der Waals surface area contributed by atoms with Crippen LogP contribution in [0.1, 0.15) is 25.7 Å². The number of carbonyl (C=O) groups is 1. The summed E-state index contributed by atoms with van der Waals surface area (Å²) in [5.74, 6) is 0.655. The van der Waals surface area contributed by atoms with Gasteiger partial charge in [0.25, 0.3) is 0 Å². The number of rotatable bonds is 3. The Morgan fingerprint density at radius 1 is 1.35 bits per heavy atom. The van der Waals surface area contributed by atoms with Crippen LogP contribution in [0, 0.1) is 5.92 Å². The molecule has 106 valence electrons. The van der Waals surface area contributed by atoms with Crippen LogP contribution in [0.2, 0.25) is 0 Å². The number of aryl methyl sites for hydroxylation is 1. The molecule has 2 heterocycles. The van der Waals surface area contributed by atoms with Crippen molar-refractivity contribution in [3.8, 4) is 0 Å². The summed E-state index contributed by atoms with van der Waals surface area (Å²) in [5, 5.41) is 8.56. The second-order valence-electron chi connectivity index (χ2n) is 5.32. The molecule has 0 aliphatic heterocycles. The van der Waals surface area contributed by atoms with Gasteiger partial charge in [0.1, 0.15) is 12.1 Å². The lowest BCUT2D eigenvalue weighted by Crippen LogP contribution is -2.32. The van der Waals surface area contributed by atoms with Crippen LogP contribution in [0.15, 0.2) is 12.5 Å². The standard InChI is InChI=1S/C13H18N6O/c1-19-13-10(6-17-19)12(15-7-16-13)18-9-4-2-8(3-5-9)11(14)20/h6-9H,2-5H2,1H3,(H2,14,20)(H,15,16,18). The quantitative estimate of drug-likeness (QED) is 0.863. The van der Waals surface area contributed by atoms with Crippen molar-refractivity contribution in [3.05, 3.63) is 12.5 Å². The predicted molar refractivity (Wildman–Crippen MR) is 74.9 cm³/mol. The molecule has 2 aromatic rings. The van der Waals surface area contributed by atoms with E-state index in [1.807, 2.05) is 7.05 Å². The Bertz CT molecular complexity index is 629. The van der Waals surface area contributed by atoms with E-state index in [1.165, 1.54) is 0 Å². The third-order valence-electron chi connectivity index (χ3n) is 4.00. The maximum Gasteiger partial charge on any atom is 0.220 e. The van der Waals surface area contributed by atoms with E-state index < -0.39 is 0 Å². The molecule has 20 heavy (non-hydrogen) atoms. The van der Waals surface area contributed by atoms with Crippen molar-refractivity contribution in [2.45, 2.75) is 31.7 Å². The summed E-state index contributed by atoms with van der Waals surface area (Å²) in [7, 11) is 1.86. The first-order valence-electron chi connectivity index (χ1n) is 6.83. The number of fused-ring (bicyclic) bond motifs is 1. The molecule has 3 rings (SSSR count). The Labute approximate surface area is 116 Å². The van der Waals surface area contributed by atoms with Crippen molar-refractivity contribution in [3.63, 3.8) is 0 Å². The summed E-state index contributed by atoms with van der Waals surface area (Å²) in [4.78, 5) is 19.7. The maximum absolute atomic E-state index is 11.2. The molecular formula is C13H18N6O. The minimum atomic E-state index is -0.180. The lowest BCUT2D eigenvalue weighted by Gasteiger charge is -2.27. The number of amides is 1. The van der Waals surface area contributed by atoms with Gasteiger partial charge in [-0.15, -0.1) is 0 Å². The van der Waals surface area contributed by atoms with Gasteiger partial charge < -0.3 is 11.1 Å². The van der Waals surface area contributed by atoms with Crippen LogP contribution < -0.4 is 11.1 Å². The highest BCUT2D eigenvalue weighted by molar-refractivity contribution is 5.86. The second kappa shape index (κ2) is 5.07. The maximum atomic E-state index is 11.2. The zero-order valence-corrected chi connectivity index (χ0v) is 11.4. The van der Waals surface area contributed by atoms with Crippen LogP contribution in [0.25, 0.3) is 11.0 Å². The average Bonchev–Trinajstić information content (AvgIpc) is 2.82. The number of carbonyl (C=O) groups excluding carboxylic acids is 1. The van der Waals surface area contributed by atoms with Gasteiger partial charge in [-0.05, 0) is 25.7 Å². The van der Waals surface area contributed by atoms with E-state index in [2.05, 4.69) is 20.4 Å². The van der Waals surface area contributed by atoms with Crippen molar-refractivity contribution in [2.24, 2.45) is 18.7 Å². The normalized spacial score (nSPS) is 22.9. The number of nitrogens with zero attached hydrogens (tertiary/aromatic N) is 4. The molecule has 0 unspecified atom stereocenters. The molecule has 1 aliphatic rings. The molecule has 0 saturated heterocycles. The SMILES string of the molecule is Cn1ncc2c(NC3CCC(C(N)=O)CC3)ncnc21.